The van der Waals surface area contributed by atoms with Crippen molar-refractivity contribution in [3.63, 3.8) is 0 Å². The SMILES string of the molecule is CC(C)c1ccccc1NC(=O)COC(=O)/C=C/c1ccc(Cl)c(Cl)c1. The number of hydrogen-bond donors (Lipinski definition) is 1. The molecule has 4 nitrogen and oxygen atoms in total. The molecule has 0 atom stereocenters. The number of amides is 1. The van der Waals surface area contributed by atoms with Crippen molar-refractivity contribution in [1.82, 2.24) is 0 Å². The van der Waals surface area contributed by atoms with Crippen molar-refractivity contribution in [2.24, 2.45) is 0 Å². The van der Waals surface area contributed by atoms with Gasteiger partial charge in [-0.1, -0.05) is 61.3 Å². The van der Waals surface area contributed by atoms with Gasteiger partial charge in [0.1, 0.15) is 0 Å². The number of esters is 1. The van der Waals surface area contributed by atoms with Crippen LogP contribution in [0, 0.1) is 0 Å². The van der Waals surface area contributed by atoms with Crippen molar-refractivity contribution < 1.29 is 14.3 Å². The Balaban J connectivity index is 1.88. The van der Waals surface area contributed by atoms with Crippen molar-refractivity contribution >= 4 is 46.8 Å². The molecule has 1 amide bonds. The van der Waals surface area contributed by atoms with Gasteiger partial charge >= 0.3 is 5.97 Å². The zero-order valence-electron chi connectivity index (χ0n) is 14.5. The molecule has 0 saturated heterocycles. The molecule has 0 radical (unpaired) electrons. The molecule has 0 bridgehead atoms. The van der Waals surface area contributed by atoms with Crippen LogP contribution in [0.2, 0.25) is 10.0 Å². The van der Waals surface area contributed by atoms with E-state index in [4.69, 9.17) is 27.9 Å². The summed E-state index contributed by atoms with van der Waals surface area (Å²) in [4.78, 5) is 23.8. The van der Waals surface area contributed by atoms with Crippen LogP contribution in [0.5, 0.6) is 0 Å². The number of rotatable bonds is 6. The maximum atomic E-state index is 12.0. The highest BCUT2D eigenvalue weighted by Crippen LogP contribution is 2.24. The van der Waals surface area contributed by atoms with Gasteiger partial charge in [-0.05, 0) is 41.3 Å². The van der Waals surface area contributed by atoms with E-state index >= 15 is 0 Å². The summed E-state index contributed by atoms with van der Waals surface area (Å²) in [6.45, 7) is 3.72. The number of hydrogen-bond acceptors (Lipinski definition) is 3. The highest BCUT2D eigenvalue weighted by molar-refractivity contribution is 6.42. The number of nitrogens with one attached hydrogen (secondary N) is 1. The van der Waals surface area contributed by atoms with E-state index in [0.29, 0.717) is 15.6 Å². The average molecular weight is 392 g/mol. The van der Waals surface area contributed by atoms with Gasteiger partial charge in [0, 0.05) is 11.8 Å². The van der Waals surface area contributed by atoms with E-state index in [1.165, 1.54) is 12.2 Å². The van der Waals surface area contributed by atoms with Crippen LogP contribution in [0.25, 0.3) is 6.08 Å². The number of halogens is 2. The fraction of sp³-hybridized carbons (Fsp3) is 0.200. The second kappa shape index (κ2) is 9.41. The minimum absolute atomic E-state index is 0.267. The predicted molar refractivity (Wildman–Crippen MR) is 106 cm³/mol. The molecule has 0 saturated carbocycles. The highest BCUT2D eigenvalue weighted by Gasteiger charge is 2.10. The van der Waals surface area contributed by atoms with Crippen molar-refractivity contribution in [3.8, 4) is 0 Å². The van der Waals surface area contributed by atoms with Gasteiger partial charge in [0.15, 0.2) is 6.61 Å². The van der Waals surface area contributed by atoms with Gasteiger partial charge in [-0.25, -0.2) is 4.79 Å². The second-order valence-electron chi connectivity index (χ2n) is 5.90. The standard InChI is InChI=1S/C20H19Cl2NO3/c1-13(2)15-5-3-4-6-18(15)23-19(24)12-26-20(25)10-8-14-7-9-16(21)17(22)11-14/h3-11,13H,12H2,1-2H3,(H,23,24)/b10-8+. The van der Waals surface area contributed by atoms with Crippen LogP contribution >= 0.6 is 23.2 Å². The lowest BCUT2D eigenvalue weighted by Gasteiger charge is -2.13. The van der Waals surface area contributed by atoms with E-state index in [1.807, 2.05) is 38.1 Å². The summed E-state index contributed by atoms with van der Waals surface area (Å²) in [5, 5.41) is 3.59. The van der Waals surface area contributed by atoms with Gasteiger partial charge in [-0.15, -0.1) is 0 Å². The van der Waals surface area contributed by atoms with Crippen LogP contribution in [0.3, 0.4) is 0 Å². The van der Waals surface area contributed by atoms with E-state index in [9.17, 15) is 9.59 Å². The molecule has 6 heteroatoms. The first-order valence-corrected chi connectivity index (χ1v) is 8.81. The van der Waals surface area contributed by atoms with E-state index < -0.39 is 11.9 Å². The minimum atomic E-state index is -0.622. The number of carbonyl (C=O) groups is 2. The molecule has 0 fully saturated rings. The monoisotopic (exact) mass is 391 g/mol. The summed E-state index contributed by atoms with van der Waals surface area (Å²) in [6, 6.07) is 12.5. The van der Waals surface area contributed by atoms with Crippen molar-refractivity contribution in [2.45, 2.75) is 19.8 Å². The summed E-state index contributed by atoms with van der Waals surface area (Å²) >= 11 is 11.7. The molecule has 1 N–H and O–H groups in total. The summed E-state index contributed by atoms with van der Waals surface area (Å²) in [6.07, 6.45) is 2.77. The number of benzene rings is 2. The highest BCUT2D eigenvalue weighted by atomic mass is 35.5. The van der Waals surface area contributed by atoms with Crippen LogP contribution in [0.15, 0.2) is 48.5 Å². The van der Waals surface area contributed by atoms with Crippen LogP contribution < -0.4 is 5.32 Å². The van der Waals surface area contributed by atoms with E-state index in [-0.39, 0.29) is 12.5 Å². The molecule has 0 aliphatic rings. The zero-order valence-corrected chi connectivity index (χ0v) is 16.0. The van der Waals surface area contributed by atoms with Crippen LogP contribution in [-0.2, 0) is 14.3 Å². The molecule has 0 spiro atoms. The smallest absolute Gasteiger partial charge is 0.331 e. The van der Waals surface area contributed by atoms with Crippen LogP contribution in [0.1, 0.15) is 30.9 Å². The zero-order chi connectivity index (χ0) is 19.1. The van der Waals surface area contributed by atoms with Gasteiger partial charge in [0.05, 0.1) is 10.0 Å². The van der Waals surface area contributed by atoms with E-state index in [1.54, 1.807) is 18.2 Å². The Morgan fingerprint density at radius 2 is 1.85 bits per heavy atom. The lowest BCUT2D eigenvalue weighted by atomic mass is 10.0. The van der Waals surface area contributed by atoms with Crippen molar-refractivity contribution in [2.75, 3.05) is 11.9 Å². The van der Waals surface area contributed by atoms with Gasteiger partial charge < -0.3 is 10.1 Å². The fourth-order valence-electron chi connectivity index (χ4n) is 2.27. The Morgan fingerprint density at radius 1 is 1.12 bits per heavy atom. The van der Waals surface area contributed by atoms with Crippen LogP contribution in [-0.4, -0.2) is 18.5 Å². The summed E-state index contributed by atoms with van der Waals surface area (Å²) in [5.74, 6) is -0.749. The molecule has 0 aliphatic heterocycles. The topological polar surface area (TPSA) is 55.4 Å². The van der Waals surface area contributed by atoms with Gasteiger partial charge in [-0.3, -0.25) is 4.79 Å². The fourth-order valence-corrected chi connectivity index (χ4v) is 2.57. The molecule has 0 aromatic heterocycles. The van der Waals surface area contributed by atoms with E-state index in [0.717, 1.165) is 11.3 Å². The molecule has 0 aliphatic carbocycles. The second-order valence-corrected chi connectivity index (χ2v) is 6.72. The quantitative estimate of drug-likeness (QED) is 0.535. The number of para-hydroxylation sites is 1. The molecule has 2 aromatic carbocycles. The molecule has 2 aromatic rings. The lowest BCUT2D eigenvalue weighted by molar-refractivity contribution is -0.142. The molecular formula is C20H19Cl2NO3. The van der Waals surface area contributed by atoms with Crippen molar-refractivity contribution in [3.05, 3.63) is 69.7 Å². The Labute approximate surface area is 162 Å². The van der Waals surface area contributed by atoms with Crippen LogP contribution in [0.4, 0.5) is 5.69 Å². The maximum Gasteiger partial charge on any atom is 0.331 e. The predicted octanol–water partition coefficient (Wildman–Crippen LogP) is 5.31. The minimum Gasteiger partial charge on any atom is -0.452 e. The summed E-state index contributed by atoms with van der Waals surface area (Å²) in [5.41, 5.74) is 2.44. The molecular weight excluding hydrogens is 373 g/mol. The average Bonchev–Trinajstić information content (AvgIpc) is 2.61. The van der Waals surface area contributed by atoms with Gasteiger partial charge in [0.25, 0.3) is 5.91 Å². The molecule has 26 heavy (non-hydrogen) atoms. The Hall–Kier alpha value is -2.30. The largest absolute Gasteiger partial charge is 0.452 e. The Kier molecular flexibility index (Phi) is 7.25. The third-order valence-electron chi connectivity index (χ3n) is 3.56. The normalized spacial score (nSPS) is 11.0. The third-order valence-corrected chi connectivity index (χ3v) is 4.30. The number of anilines is 1. The lowest BCUT2D eigenvalue weighted by Crippen LogP contribution is -2.21. The van der Waals surface area contributed by atoms with Gasteiger partial charge in [0.2, 0.25) is 0 Å². The maximum absolute atomic E-state index is 12.0. The van der Waals surface area contributed by atoms with Crippen molar-refractivity contribution in [1.29, 1.82) is 0 Å². The number of carbonyl (C=O) groups excluding carboxylic acids is 2. The van der Waals surface area contributed by atoms with E-state index in [2.05, 4.69) is 5.32 Å². The third kappa shape index (κ3) is 5.90. The Morgan fingerprint density at radius 3 is 2.54 bits per heavy atom. The summed E-state index contributed by atoms with van der Waals surface area (Å²) < 4.78 is 4.96. The van der Waals surface area contributed by atoms with Gasteiger partial charge in [-0.2, -0.15) is 0 Å². The summed E-state index contributed by atoms with van der Waals surface area (Å²) in [7, 11) is 0. The first-order valence-electron chi connectivity index (χ1n) is 8.05. The molecule has 2 rings (SSSR count). The first-order chi connectivity index (χ1) is 12.4. The first kappa shape index (κ1) is 20.0. The molecule has 136 valence electrons. The molecule has 0 heterocycles. The molecule has 0 unspecified atom stereocenters. The Bertz CT molecular complexity index is 832. The number of ether oxygens (including phenoxy) is 1.